The second-order valence-corrected chi connectivity index (χ2v) is 11.6. The number of aryl methyl sites for hydroxylation is 1. The highest BCUT2D eigenvalue weighted by molar-refractivity contribution is 7.12. The van der Waals surface area contributed by atoms with Gasteiger partial charge in [-0.3, -0.25) is 9.59 Å². The normalized spacial score (nSPS) is 19.9. The molecule has 1 N–H and O–H groups in total. The SMILES string of the molecule is COCCCc1ccc(CC(C)(C)C(C)C(=O)C2C(=O)C=C(C(C)CCCC=NC(=O)OC)OC2O)s1. The maximum Gasteiger partial charge on any atom is 0.432 e. The van der Waals surface area contributed by atoms with Crippen LogP contribution >= 0.6 is 11.3 Å². The van der Waals surface area contributed by atoms with E-state index >= 15 is 0 Å². The van der Waals surface area contributed by atoms with E-state index in [9.17, 15) is 19.5 Å². The minimum Gasteiger partial charge on any atom is -0.468 e. The summed E-state index contributed by atoms with van der Waals surface area (Å²) in [7, 11) is 2.96. The molecule has 37 heavy (non-hydrogen) atoms. The Labute approximate surface area is 224 Å². The number of ether oxygens (including phenoxy) is 3. The summed E-state index contributed by atoms with van der Waals surface area (Å²) < 4.78 is 15.2. The molecular formula is C28H41NO7S. The van der Waals surface area contributed by atoms with Crippen LogP contribution in [0.5, 0.6) is 0 Å². The average molecular weight is 536 g/mol. The van der Waals surface area contributed by atoms with Crippen molar-refractivity contribution in [1.82, 2.24) is 0 Å². The number of nitrogens with zero attached hydrogens (tertiary/aromatic N) is 1. The molecular weight excluding hydrogens is 494 g/mol. The Morgan fingerprint density at radius 2 is 1.92 bits per heavy atom. The number of amides is 1. The average Bonchev–Trinajstić information content (AvgIpc) is 3.28. The van der Waals surface area contributed by atoms with Crippen molar-refractivity contribution in [3.63, 3.8) is 0 Å². The van der Waals surface area contributed by atoms with Gasteiger partial charge < -0.3 is 19.3 Å². The number of thiophene rings is 1. The van der Waals surface area contributed by atoms with E-state index in [4.69, 9.17) is 9.47 Å². The second kappa shape index (κ2) is 14.5. The summed E-state index contributed by atoms with van der Waals surface area (Å²) in [6.07, 6.45) is 5.25. The molecule has 0 aliphatic carbocycles. The van der Waals surface area contributed by atoms with E-state index in [1.807, 2.05) is 27.7 Å². The summed E-state index contributed by atoms with van der Waals surface area (Å²) in [6, 6.07) is 4.23. The summed E-state index contributed by atoms with van der Waals surface area (Å²) in [4.78, 5) is 43.4. The monoisotopic (exact) mass is 535 g/mol. The van der Waals surface area contributed by atoms with Gasteiger partial charge >= 0.3 is 6.09 Å². The van der Waals surface area contributed by atoms with Crippen LogP contribution in [0.25, 0.3) is 0 Å². The number of hydrogen-bond donors (Lipinski definition) is 1. The number of Topliss-reactive ketones (excluding diaryl/α,β-unsaturated/α-hetero) is 1. The van der Waals surface area contributed by atoms with Crippen LogP contribution in [0.4, 0.5) is 4.79 Å². The summed E-state index contributed by atoms with van der Waals surface area (Å²) in [6.45, 7) is 8.49. The highest BCUT2D eigenvalue weighted by atomic mass is 32.1. The highest BCUT2D eigenvalue weighted by Gasteiger charge is 2.44. The molecule has 9 heteroatoms. The molecule has 8 nitrogen and oxygen atoms in total. The zero-order chi connectivity index (χ0) is 27.6. The second-order valence-electron chi connectivity index (χ2n) is 10.3. The lowest BCUT2D eigenvalue weighted by molar-refractivity contribution is -0.162. The fourth-order valence-corrected chi connectivity index (χ4v) is 5.60. The Hall–Kier alpha value is -2.36. The molecule has 0 radical (unpaired) electrons. The van der Waals surface area contributed by atoms with Gasteiger partial charge in [0.05, 0.1) is 7.11 Å². The fraction of sp³-hybridized carbons (Fsp3) is 0.643. The third-order valence-corrected chi connectivity index (χ3v) is 8.13. The number of aliphatic imine (C=N–C) groups is 1. The van der Waals surface area contributed by atoms with Crippen molar-refractivity contribution in [3.05, 3.63) is 33.7 Å². The number of rotatable bonds is 14. The summed E-state index contributed by atoms with van der Waals surface area (Å²) in [5.74, 6) is -2.17. The first kappa shape index (κ1) is 30.9. The molecule has 1 aromatic rings. The van der Waals surface area contributed by atoms with Crippen LogP contribution in [0.2, 0.25) is 0 Å². The predicted octanol–water partition coefficient (Wildman–Crippen LogP) is 5.16. The van der Waals surface area contributed by atoms with Gasteiger partial charge in [-0.1, -0.05) is 27.7 Å². The number of allylic oxidation sites excluding steroid dienone is 2. The molecule has 2 heterocycles. The molecule has 0 fully saturated rings. The van der Waals surface area contributed by atoms with Crippen molar-refractivity contribution in [3.8, 4) is 0 Å². The highest BCUT2D eigenvalue weighted by Crippen LogP contribution is 2.37. The van der Waals surface area contributed by atoms with Crippen LogP contribution in [0, 0.1) is 23.2 Å². The van der Waals surface area contributed by atoms with Crippen LogP contribution in [-0.2, 0) is 36.6 Å². The molecule has 0 bridgehead atoms. The Morgan fingerprint density at radius 1 is 1.22 bits per heavy atom. The van der Waals surface area contributed by atoms with E-state index in [2.05, 4.69) is 21.9 Å². The molecule has 0 saturated carbocycles. The number of carbonyl (C=O) groups is 3. The quantitative estimate of drug-likeness (QED) is 0.199. The van der Waals surface area contributed by atoms with Gasteiger partial charge in [0.15, 0.2) is 11.6 Å². The summed E-state index contributed by atoms with van der Waals surface area (Å²) in [5.41, 5.74) is -0.408. The first-order chi connectivity index (χ1) is 17.5. The van der Waals surface area contributed by atoms with Crippen LogP contribution in [-0.4, -0.2) is 56.1 Å². The van der Waals surface area contributed by atoms with Gasteiger partial charge in [0.2, 0.25) is 6.29 Å². The number of aliphatic hydroxyl groups is 1. The molecule has 206 valence electrons. The van der Waals surface area contributed by atoms with Crippen LogP contribution in [0.1, 0.15) is 63.1 Å². The van der Waals surface area contributed by atoms with Gasteiger partial charge in [0.25, 0.3) is 0 Å². The molecule has 4 unspecified atom stereocenters. The maximum absolute atomic E-state index is 13.4. The minimum absolute atomic E-state index is 0.132. The standard InChI is InChI=1S/C28H41NO7S/c1-18(10-7-8-14-29-27(33)35-6)23-16-22(30)24(26(32)36-23)25(31)19(2)28(3,4)17-21-13-12-20(37-21)11-9-15-34-5/h12-14,16,18-19,24,26,32H,7-11,15,17H2,1-6H3. The van der Waals surface area contributed by atoms with E-state index in [1.165, 1.54) is 29.2 Å². The fourth-order valence-electron chi connectivity index (χ4n) is 4.30. The van der Waals surface area contributed by atoms with Gasteiger partial charge in [-0.2, -0.15) is 4.99 Å². The topological polar surface area (TPSA) is 111 Å². The van der Waals surface area contributed by atoms with Crippen LogP contribution in [0.3, 0.4) is 0 Å². The van der Waals surface area contributed by atoms with Gasteiger partial charge in [-0.05, 0) is 56.1 Å². The third-order valence-electron chi connectivity index (χ3n) is 6.98. The number of unbranched alkanes of at least 4 members (excludes halogenated alkanes) is 1. The molecule has 0 spiro atoms. The van der Waals surface area contributed by atoms with Gasteiger partial charge in [-0.15, -0.1) is 11.3 Å². The maximum atomic E-state index is 13.4. The summed E-state index contributed by atoms with van der Waals surface area (Å²) in [5, 5.41) is 10.7. The molecule has 0 saturated heterocycles. The Morgan fingerprint density at radius 3 is 2.57 bits per heavy atom. The Bertz CT molecular complexity index is 981. The van der Waals surface area contributed by atoms with Crippen molar-refractivity contribution < 1.29 is 33.7 Å². The number of hydrogen-bond acceptors (Lipinski definition) is 8. The van der Waals surface area contributed by atoms with E-state index in [1.54, 1.807) is 18.4 Å². The number of aliphatic hydroxyl groups excluding tert-OH is 1. The smallest absolute Gasteiger partial charge is 0.432 e. The van der Waals surface area contributed by atoms with E-state index in [0.29, 0.717) is 31.4 Å². The van der Waals surface area contributed by atoms with E-state index in [0.717, 1.165) is 19.4 Å². The van der Waals surface area contributed by atoms with Crippen molar-refractivity contribution in [1.29, 1.82) is 0 Å². The molecule has 1 aromatic heterocycles. The summed E-state index contributed by atoms with van der Waals surface area (Å²) >= 11 is 1.74. The predicted molar refractivity (Wildman–Crippen MR) is 144 cm³/mol. The number of carbonyl (C=O) groups excluding carboxylic acids is 3. The van der Waals surface area contributed by atoms with Crippen molar-refractivity contribution in [2.24, 2.45) is 28.2 Å². The molecule has 0 aromatic carbocycles. The molecule has 4 atom stereocenters. The zero-order valence-electron chi connectivity index (χ0n) is 22.8. The molecule has 1 amide bonds. The van der Waals surface area contributed by atoms with Gasteiger partial charge in [-0.25, -0.2) is 4.79 Å². The van der Waals surface area contributed by atoms with Crippen molar-refractivity contribution in [2.45, 2.75) is 72.5 Å². The number of ketones is 2. The third kappa shape index (κ3) is 9.16. The lowest BCUT2D eigenvalue weighted by Crippen LogP contribution is -2.45. The van der Waals surface area contributed by atoms with Gasteiger partial charge in [0.1, 0.15) is 11.7 Å². The minimum atomic E-state index is -1.50. The largest absolute Gasteiger partial charge is 0.468 e. The van der Waals surface area contributed by atoms with Gasteiger partial charge in [0, 0.05) is 47.6 Å². The molecule has 1 aliphatic heterocycles. The lowest BCUT2D eigenvalue weighted by Gasteiger charge is -2.35. The zero-order valence-corrected chi connectivity index (χ0v) is 23.6. The van der Waals surface area contributed by atoms with Crippen molar-refractivity contribution in [2.75, 3.05) is 20.8 Å². The number of methoxy groups -OCH3 is 2. The Balaban J connectivity index is 1.97. The lowest BCUT2D eigenvalue weighted by atomic mass is 9.71. The first-order valence-corrected chi connectivity index (χ1v) is 13.6. The van der Waals surface area contributed by atoms with Crippen molar-refractivity contribution >= 4 is 35.2 Å². The first-order valence-electron chi connectivity index (χ1n) is 12.8. The van der Waals surface area contributed by atoms with Crippen LogP contribution in [0.15, 0.2) is 29.0 Å². The van der Waals surface area contributed by atoms with E-state index in [-0.39, 0.29) is 11.7 Å². The molecule has 2 rings (SSSR count). The van der Waals surface area contributed by atoms with Crippen LogP contribution < -0.4 is 0 Å². The molecule has 1 aliphatic rings. The Kier molecular flexibility index (Phi) is 12.1. The van der Waals surface area contributed by atoms with E-state index < -0.39 is 35.4 Å².